The molecule has 0 aromatic heterocycles. The summed E-state index contributed by atoms with van der Waals surface area (Å²) < 4.78 is 67.0. The Morgan fingerprint density at radius 3 is 1.82 bits per heavy atom. The molecule has 1 saturated heterocycles. The number of nitrogens with zero attached hydrogens (tertiary/aromatic N) is 4. The lowest BCUT2D eigenvalue weighted by atomic mass is 9.77. The third-order valence-corrected chi connectivity index (χ3v) is 23.8. The second-order valence-electron chi connectivity index (χ2n) is 35.2. The first-order valence-corrected chi connectivity index (χ1v) is 45.9. The van der Waals surface area contributed by atoms with Crippen molar-refractivity contribution in [2.75, 3.05) is 62.2 Å². The molecule has 3 aliphatic rings. The summed E-state index contributed by atoms with van der Waals surface area (Å²) in [5.41, 5.74) is 11.4. The average molecular weight is 1730 g/mol. The molecule has 2 atom stereocenters. The van der Waals surface area contributed by atoms with Crippen LogP contribution in [0.3, 0.4) is 0 Å². The van der Waals surface area contributed by atoms with Gasteiger partial charge in [0, 0.05) is 83.8 Å². The van der Waals surface area contributed by atoms with E-state index in [2.05, 4.69) is 107 Å². The van der Waals surface area contributed by atoms with Gasteiger partial charge in [-0.2, -0.15) is 15.6 Å². The summed E-state index contributed by atoms with van der Waals surface area (Å²) in [4.78, 5) is 61.6. The van der Waals surface area contributed by atoms with Gasteiger partial charge in [0.1, 0.15) is 66.6 Å². The number of hydrogen-bond acceptors (Lipinski definition) is 15. The molecule has 1 saturated carbocycles. The van der Waals surface area contributed by atoms with Crippen LogP contribution in [0.2, 0.25) is 0 Å². The maximum atomic E-state index is 13.2. The molecule has 21 heteroatoms. The number of hydrogen-bond donors (Lipinski definition) is 4. The molecule has 0 spiro atoms. The molecule has 2 unspecified atom stereocenters. The number of carbonyl (C=O) groups is 5. The normalized spacial score (nSPS) is 15.1. The minimum absolute atomic E-state index is 0.00927. The van der Waals surface area contributed by atoms with Crippen LogP contribution in [0.25, 0.3) is 0 Å². The molecule has 11 rings (SSSR count). The first kappa shape index (κ1) is 105. The standard InChI is InChI=1S/C25H27NO3.C16H24N2O2.C13H15NO2.C13H24O3S.C13H18.C12H13F2N.C12H16NO2/c1-19(2)17-20-9-8-10-21(18-20)26-25(27)23-13-6-7-14-24(23)29-16-15-28-22-11-4-3-5-12-22;1-12(2)16(19)13-8-10-18(11-9-13)15-7-5-4-6-14(15)17(3)20;1-9(2)7-10-5-4-6-11(12(10)8-14)13(15)16-3;1-10(2)13(14)9-17(15,16)8-12-6-4-11(3)5-7-12;1-10(2)12-9-5-7-11-6-3-4-8-13(11)12;1-8(2)9-4-5-10(7-15)11(6-9)12(3,13)14;1-9(2)12(14)8-10-6-4-5-7-11(10)13(3)15/h3-14,18-19H,15-17H2,1-2H3,(H,26,27);4-7,12-13,20H,8-11H2,1-3H3;4-6,9H,7H2,1-3H3;10-12H,4-9H2,1-3H3;3-4,6,8,10,12H,5,7,9H2,1-2H3;4-6,8H,1-3H3;4-7,9,15H,3,8H2,1-2H3/q;;;;;;+1/p+1. The smallest absolute Gasteiger partial charge is 0.339 e. The minimum Gasteiger partial charge on any atom is -0.490 e. The van der Waals surface area contributed by atoms with Crippen molar-refractivity contribution < 1.29 is 75.6 Å². The molecule has 8 aromatic rings. The van der Waals surface area contributed by atoms with Crippen molar-refractivity contribution in [2.24, 2.45) is 53.3 Å². The number of aryl methyl sites for hydroxylation is 1. The molecule has 2 aliphatic carbocycles. The fourth-order valence-corrected chi connectivity index (χ4v) is 17.0. The van der Waals surface area contributed by atoms with Crippen LogP contribution < -0.4 is 24.8 Å². The van der Waals surface area contributed by atoms with E-state index in [0.29, 0.717) is 70.4 Å². The largest absolute Gasteiger partial charge is 0.490 e. The average Bonchev–Trinajstić information content (AvgIpc) is 0.834. The number of para-hydroxylation sites is 5. The molecule has 125 heavy (non-hydrogen) atoms. The zero-order chi connectivity index (χ0) is 92.7. The number of ether oxygens (including phenoxy) is 3. The minimum atomic E-state index is -3.19. The maximum Gasteiger partial charge on any atom is 0.339 e. The number of halogens is 2. The molecule has 0 bridgehead atoms. The van der Waals surface area contributed by atoms with E-state index in [1.54, 1.807) is 80.6 Å². The number of anilines is 2. The van der Waals surface area contributed by atoms with Crippen molar-refractivity contribution in [3.63, 3.8) is 0 Å². The summed E-state index contributed by atoms with van der Waals surface area (Å²) in [7, 11) is -0.158. The summed E-state index contributed by atoms with van der Waals surface area (Å²) in [5, 5.41) is 40.2. The number of piperidine rings is 1. The zero-order valence-electron chi connectivity index (χ0n) is 77.1. The lowest BCUT2D eigenvalue weighted by Crippen LogP contribution is -3.01. The van der Waals surface area contributed by atoms with E-state index in [0.717, 1.165) is 133 Å². The van der Waals surface area contributed by atoms with Gasteiger partial charge in [-0.05, 0) is 188 Å². The lowest BCUT2D eigenvalue weighted by Gasteiger charge is -2.34. The number of nitrogens with one attached hydrogen (secondary N) is 2. The van der Waals surface area contributed by atoms with Crippen molar-refractivity contribution in [3.05, 3.63) is 249 Å². The third-order valence-electron chi connectivity index (χ3n) is 22.1. The molecule has 8 aromatic carbocycles. The summed E-state index contributed by atoms with van der Waals surface area (Å²) in [6.45, 7) is 37.2. The van der Waals surface area contributed by atoms with E-state index in [9.17, 15) is 51.6 Å². The molecular weight excluding hydrogens is 1600 g/mol. The molecule has 1 amide bonds. The predicted octanol–water partition coefficient (Wildman–Crippen LogP) is 22.0. The number of carbonyl (C=O) groups excluding carboxylic acids is 5. The van der Waals surface area contributed by atoms with Gasteiger partial charge < -0.3 is 24.4 Å². The van der Waals surface area contributed by atoms with Crippen molar-refractivity contribution >= 4 is 68.5 Å². The van der Waals surface area contributed by atoms with Gasteiger partial charge >= 0.3 is 5.97 Å². The van der Waals surface area contributed by atoms with Crippen LogP contribution in [0.4, 0.5) is 31.5 Å². The second-order valence-corrected chi connectivity index (χ2v) is 37.4. The molecular formula is C104H138F2N6O12S+2. The highest BCUT2D eigenvalue weighted by atomic mass is 32.2. The Morgan fingerprint density at radius 1 is 0.648 bits per heavy atom. The number of ketones is 3. The molecule has 1 heterocycles. The SMILES string of the molecule is C=[N+](O)c1ccccc1CC(=O)C(C)C.CC(C)C(=O)C1CCN(c2ccccc2[NH+](C)O)CC1.CC(C)C1CCCc2ccccc21.CC(C)Cc1cccc(NC(=O)c2ccccc2OCCOc2ccccc2)c1.CC(C)c1ccc(C#N)c(C(C)(F)F)c1.CC1CCC(CS(=O)(=O)CC(=O)C(C)C)CC1.COC(=O)c1cccc(CC(C)C)c1C#N. The number of esters is 1. The van der Waals surface area contributed by atoms with E-state index < -0.39 is 21.7 Å². The van der Waals surface area contributed by atoms with Crippen LogP contribution >= 0.6 is 0 Å². The summed E-state index contributed by atoms with van der Waals surface area (Å²) >= 11 is 0. The Kier molecular flexibility index (Phi) is 44.4. The number of fused-ring (bicyclic) bond motifs is 1. The Balaban J connectivity index is 0.000000263. The van der Waals surface area contributed by atoms with Crippen LogP contribution in [-0.2, 0) is 60.6 Å². The highest BCUT2D eigenvalue weighted by Gasteiger charge is 2.32. The maximum absolute atomic E-state index is 13.2. The zero-order valence-corrected chi connectivity index (χ0v) is 77.9. The fraction of sp³-hybridized carbons (Fsp3) is 0.462. The summed E-state index contributed by atoms with van der Waals surface area (Å²) in [5.74, 6) is 2.01. The number of hydroxylamine groups is 1. The van der Waals surface area contributed by atoms with E-state index in [1.807, 2.05) is 145 Å². The Hall–Kier alpha value is -10.7. The number of amides is 1. The van der Waals surface area contributed by atoms with Crippen LogP contribution in [0.15, 0.2) is 188 Å². The monoisotopic (exact) mass is 1730 g/mol. The Morgan fingerprint density at radius 2 is 1.23 bits per heavy atom. The number of sulfone groups is 1. The summed E-state index contributed by atoms with van der Waals surface area (Å²) in [6, 6.07) is 62.6. The van der Waals surface area contributed by atoms with E-state index in [1.165, 1.54) is 44.1 Å². The molecule has 0 radical (unpaired) electrons. The van der Waals surface area contributed by atoms with Gasteiger partial charge in [-0.1, -0.05) is 232 Å². The van der Waals surface area contributed by atoms with Gasteiger partial charge in [-0.25, -0.2) is 27.2 Å². The number of nitriles is 2. The van der Waals surface area contributed by atoms with Crippen molar-refractivity contribution in [1.82, 2.24) is 0 Å². The molecule has 2 fully saturated rings. The van der Waals surface area contributed by atoms with Crippen LogP contribution in [0.5, 0.6) is 11.5 Å². The van der Waals surface area contributed by atoms with Gasteiger partial charge in [-0.15, -0.1) is 0 Å². The van der Waals surface area contributed by atoms with Gasteiger partial charge in [0.05, 0.1) is 41.2 Å². The number of Topliss-reactive ketones (excluding diaryl/α,β-unsaturated/α-hetero) is 3. The third kappa shape index (κ3) is 36.0. The number of methoxy groups -OCH3 is 1. The van der Waals surface area contributed by atoms with Gasteiger partial charge in [0.15, 0.2) is 22.2 Å². The van der Waals surface area contributed by atoms with Crippen molar-refractivity contribution in [2.45, 2.75) is 206 Å². The predicted molar refractivity (Wildman–Crippen MR) is 498 cm³/mol. The topological polar surface area (TPSA) is 258 Å². The van der Waals surface area contributed by atoms with Gasteiger partial charge in [0.2, 0.25) is 0 Å². The Bertz CT molecular complexity index is 4930. The Labute approximate surface area is 744 Å². The quantitative estimate of drug-likeness (QED) is 0.00888. The molecule has 4 N–H and O–H groups in total. The number of alkyl halides is 2. The highest BCUT2D eigenvalue weighted by Crippen LogP contribution is 2.38. The first-order valence-electron chi connectivity index (χ1n) is 44.1. The second kappa shape index (κ2) is 52.9. The molecule has 1 aliphatic heterocycles. The van der Waals surface area contributed by atoms with Crippen molar-refractivity contribution in [1.29, 1.82) is 10.5 Å². The van der Waals surface area contributed by atoms with Gasteiger partial charge in [0.25, 0.3) is 17.5 Å². The fourth-order valence-electron chi connectivity index (χ4n) is 15.1. The van der Waals surface area contributed by atoms with Crippen LogP contribution in [0, 0.1) is 75.9 Å². The van der Waals surface area contributed by atoms with Crippen LogP contribution in [-0.4, -0.2) is 111 Å². The van der Waals surface area contributed by atoms with Crippen molar-refractivity contribution in [3.8, 4) is 23.6 Å². The first-order chi connectivity index (χ1) is 59.2. The highest BCUT2D eigenvalue weighted by molar-refractivity contribution is 7.92. The van der Waals surface area contributed by atoms with E-state index in [-0.39, 0.29) is 75.6 Å². The molecule has 674 valence electrons. The van der Waals surface area contributed by atoms with E-state index in [4.69, 9.17) is 20.0 Å². The van der Waals surface area contributed by atoms with Crippen LogP contribution in [0.1, 0.15) is 245 Å². The number of benzene rings is 8. The lowest BCUT2D eigenvalue weighted by molar-refractivity contribution is -1.02. The van der Waals surface area contributed by atoms with Gasteiger partial charge in [-0.3, -0.25) is 24.4 Å². The number of quaternary nitrogens is 1. The molecule has 18 nitrogen and oxygen atoms in total. The van der Waals surface area contributed by atoms with E-state index >= 15 is 0 Å². The summed E-state index contributed by atoms with van der Waals surface area (Å²) in [6.07, 6.45) is 12.2. The number of rotatable bonds is 28.